The Morgan fingerprint density at radius 1 is 0.972 bits per heavy atom. The minimum atomic E-state index is -0.702. The SMILES string of the molecule is CC[C@@H](C)NC(=O)[C@@H](Cc1ccccc1)N(Cc1ccc(Cl)cc1)C(=O)COc1cc(C)ccc1C. The number of ether oxygens (including phenoxy) is 1. The molecule has 0 bridgehead atoms. The molecule has 3 aromatic rings. The molecule has 0 unspecified atom stereocenters. The lowest BCUT2D eigenvalue weighted by Crippen LogP contribution is -2.53. The molecule has 0 aliphatic rings. The molecule has 0 aromatic heterocycles. The van der Waals surface area contributed by atoms with Crippen LogP contribution in [-0.2, 0) is 22.6 Å². The van der Waals surface area contributed by atoms with Crippen LogP contribution in [0.5, 0.6) is 5.75 Å². The van der Waals surface area contributed by atoms with E-state index in [1.165, 1.54) is 0 Å². The highest BCUT2D eigenvalue weighted by Crippen LogP contribution is 2.21. The van der Waals surface area contributed by atoms with Crippen LogP contribution >= 0.6 is 11.6 Å². The van der Waals surface area contributed by atoms with Gasteiger partial charge in [-0.25, -0.2) is 0 Å². The number of amides is 2. The summed E-state index contributed by atoms with van der Waals surface area (Å²) >= 11 is 6.08. The van der Waals surface area contributed by atoms with Gasteiger partial charge in [0.2, 0.25) is 5.91 Å². The number of hydrogen-bond donors (Lipinski definition) is 1. The predicted molar refractivity (Wildman–Crippen MR) is 145 cm³/mol. The first-order chi connectivity index (χ1) is 17.3. The molecule has 0 fully saturated rings. The average Bonchev–Trinajstić information content (AvgIpc) is 2.88. The molecule has 3 rings (SSSR count). The zero-order valence-electron chi connectivity index (χ0n) is 21.5. The molecule has 0 aliphatic heterocycles. The van der Waals surface area contributed by atoms with Crippen molar-refractivity contribution in [3.05, 3.63) is 100 Å². The summed E-state index contributed by atoms with van der Waals surface area (Å²) in [5, 5.41) is 3.69. The van der Waals surface area contributed by atoms with Gasteiger partial charge in [-0.1, -0.05) is 73.1 Å². The highest BCUT2D eigenvalue weighted by atomic mass is 35.5. The summed E-state index contributed by atoms with van der Waals surface area (Å²) in [6.07, 6.45) is 1.19. The lowest BCUT2D eigenvalue weighted by Gasteiger charge is -2.32. The second-order valence-electron chi connectivity index (χ2n) is 9.23. The minimum absolute atomic E-state index is 0.00514. The third kappa shape index (κ3) is 7.85. The third-order valence-electron chi connectivity index (χ3n) is 6.23. The van der Waals surface area contributed by atoms with Crippen LogP contribution in [0.3, 0.4) is 0 Å². The summed E-state index contributed by atoms with van der Waals surface area (Å²) < 4.78 is 5.96. The maximum atomic E-state index is 13.7. The topological polar surface area (TPSA) is 58.6 Å². The zero-order valence-corrected chi connectivity index (χ0v) is 22.2. The number of benzene rings is 3. The van der Waals surface area contributed by atoms with Gasteiger partial charge in [-0.05, 0) is 67.6 Å². The van der Waals surface area contributed by atoms with Crippen molar-refractivity contribution < 1.29 is 14.3 Å². The molecule has 3 aromatic carbocycles. The molecule has 0 spiro atoms. The Kier molecular flexibility index (Phi) is 9.95. The Balaban J connectivity index is 1.92. The van der Waals surface area contributed by atoms with Crippen LogP contribution in [0, 0.1) is 13.8 Å². The Hall–Kier alpha value is -3.31. The molecule has 1 N–H and O–H groups in total. The number of rotatable bonds is 11. The van der Waals surface area contributed by atoms with Gasteiger partial charge in [-0.15, -0.1) is 0 Å². The lowest BCUT2D eigenvalue weighted by atomic mass is 10.0. The number of halogens is 1. The highest BCUT2D eigenvalue weighted by molar-refractivity contribution is 6.30. The van der Waals surface area contributed by atoms with Gasteiger partial charge in [0, 0.05) is 24.0 Å². The number of aryl methyl sites for hydroxylation is 2. The van der Waals surface area contributed by atoms with Crippen LogP contribution in [-0.4, -0.2) is 35.4 Å². The summed E-state index contributed by atoms with van der Waals surface area (Å²) in [4.78, 5) is 28.8. The van der Waals surface area contributed by atoms with Crippen molar-refractivity contribution in [2.24, 2.45) is 0 Å². The molecule has 190 valence electrons. The van der Waals surface area contributed by atoms with E-state index in [0.29, 0.717) is 17.2 Å². The van der Waals surface area contributed by atoms with E-state index in [1.54, 1.807) is 17.0 Å². The van der Waals surface area contributed by atoms with Crippen molar-refractivity contribution in [1.82, 2.24) is 10.2 Å². The van der Waals surface area contributed by atoms with E-state index in [4.69, 9.17) is 16.3 Å². The van der Waals surface area contributed by atoms with Crippen LogP contribution < -0.4 is 10.1 Å². The molecule has 36 heavy (non-hydrogen) atoms. The fraction of sp³-hybridized carbons (Fsp3) is 0.333. The van der Waals surface area contributed by atoms with E-state index in [-0.39, 0.29) is 31.0 Å². The van der Waals surface area contributed by atoms with Crippen LogP contribution in [0.2, 0.25) is 5.02 Å². The van der Waals surface area contributed by atoms with Gasteiger partial charge >= 0.3 is 0 Å². The van der Waals surface area contributed by atoms with Crippen LogP contribution in [0.1, 0.15) is 42.5 Å². The summed E-state index contributed by atoms with van der Waals surface area (Å²) in [6, 6.07) is 22.3. The van der Waals surface area contributed by atoms with Gasteiger partial charge in [0.05, 0.1) is 0 Å². The van der Waals surface area contributed by atoms with Gasteiger partial charge in [-0.2, -0.15) is 0 Å². The van der Waals surface area contributed by atoms with Gasteiger partial charge in [0.25, 0.3) is 5.91 Å². The van der Waals surface area contributed by atoms with Gasteiger partial charge in [-0.3, -0.25) is 9.59 Å². The Labute approximate surface area is 219 Å². The number of nitrogens with zero attached hydrogens (tertiary/aromatic N) is 1. The number of carbonyl (C=O) groups is 2. The van der Waals surface area contributed by atoms with Gasteiger partial charge < -0.3 is 15.0 Å². The van der Waals surface area contributed by atoms with Crippen molar-refractivity contribution in [3.63, 3.8) is 0 Å². The maximum Gasteiger partial charge on any atom is 0.261 e. The smallest absolute Gasteiger partial charge is 0.261 e. The first-order valence-corrected chi connectivity index (χ1v) is 12.7. The second-order valence-corrected chi connectivity index (χ2v) is 9.67. The van der Waals surface area contributed by atoms with E-state index >= 15 is 0 Å². The fourth-order valence-corrected chi connectivity index (χ4v) is 3.99. The lowest BCUT2D eigenvalue weighted by molar-refractivity contribution is -0.143. The van der Waals surface area contributed by atoms with Crippen molar-refractivity contribution in [2.75, 3.05) is 6.61 Å². The van der Waals surface area contributed by atoms with Crippen molar-refractivity contribution in [2.45, 2.75) is 59.2 Å². The van der Waals surface area contributed by atoms with Crippen molar-refractivity contribution in [1.29, 1.82) is 0 Å². The summed E-state index contributed by atoms with van der Waals surface area (Å²) in [5.41, 5.74) is 3.86. The predicted octanol–water partition coefficient (Wildman–Crippen LogP) is 5.89. The quantitative estimate of drug-likeness (QED) is 0.352. The molecule has 0 aliphatic carbocycles. The first kappa shape index (κ1) is 27.3. The second kappa shape index (κ2) is 13.1. The summed E-state index contributed by atoms with van der Waals surface area (Å²) in [6.45, 7) is 8.01. The van der Waals surface area contributed by atoms with E-state index < -0.39 is 6.04 Å². The van der Waals surface area contributed by atoms with Crippen LogP contribution in [0.15, 0.2) is 72.8 Å². The Morgan fingerprint density at radius 2 is 1.67 bits per heavy atom. The standard InChI is InChI=1S/C30H35ClN2O3/c1-5-23(4)32-30(35)27(18-24-9-7-6-8-10-24)33(19-25-13-15-26(31)16-14-25)29(34)20-36-28-17-21(2)11-12-22(28)3/h6-17,23,27H,5,18-20H2,1-4H3,(H,32,35)/t23-,27-/m1/s1. The molecule has 2 amide bonds. The Bertz CT molecular complexity index is 1150. The van der Waals surface area contributed by atoms with Gasteiger partial charge in [0.1, 0.15) is 11.8 Å². The van der Waals surface area contributed by atoms with E-state index in [9.17, 15) is 9.59 Å². The monoisotopic (exact) mass is 506 g/mol. The largest absolute Gasteiger partial charge is 0.483 e. The summed E-state index contributed by atoms with van der Waals surface area (Å²) in [7, 11) is 0. The van der Waals surface area contributed by atoms with Crippen LogP contribution in [0.4, 0.5) is 0 Å². The van der Waals surface area contributed by atoms with Crippen molar-refractivity contribution in [3.8, 4) is 5.75 Å². The molecule has 2 atom stereocenters. The summed E-state index contributed by atoms with van der Waals surface area (Å²) in [5.74, 6) is 0.229. The minimum Gasteiger partial charge on any atom is -0.483 e. The fourth-order valence-electron chi connectivity index (χ4n) is 3.87. The molecule has 0 heterocycles. The molecule has 0 saturated carbocycles. The van der Waals surface area contributed by atoms with Gasteiger partial charge in [0.15, 0.2) is 6.61 Å². The normalized spacial score (nSPS) is 12.5. The molecular weight excluding hydrogens is 472 g/mol. The number of hydrogen-bond acceptors (Lipinski definition) is 3. The van der Waals surface area contributed by atoms with E-state index in [2.05, 4.69) is 5.32 Å². The molecule has 0 radical (unpaired) electrons. The van der Waals surface area contributed by atoms with E-state index in [1.807, 2.05) is 88.4 Å². The number of nitrogens with one attached hydrogen (secondary N) is 1. The Morgan fingerprint density at radius 3 is 2.33 bits per heavy atom. The third-order valence-corrected chi connectivity index (χ3v) is 6.49. The first-order valence-electron chi connectivity index (χ1n) is 12.3. The van der Waals surface area contributed by atoms with E-state index in [0.717, 1.165) is 28.7 Å². The average molecular weight is 507 g/mol. The molecule has 0 saturated heterocycles. The molecule has 5 nitrogen and oxygen atoms in total. The molecular formula is C30H35ClN2O3. The van der Waals surface area contributed by atoms with Crippen molar-refractivity contribution >= 4 is 23.4 Å². The van der Waals surface area contributed by atoms with Crippen LogP contribution in [0.25, 0.3) is 0 Å². The maximum absolute atomic E-state index is 13.7. The highest BCUT2D eigenvalue weighted by Gasteiger charge is 2.31. The zero-order chi connectivity index (χ0) is 26.1. The number of carbonyl (C=O) groups excluding carboxylic acids is 2. The molecule has 6 heteroatoms.